The van der Waals surface area contributed by atoms with Gasteiger partial charge in [-0.2, -0.15) is 0 Å². The molecule has 1 aliphatic heterocycles. The van der Waals surface area contributed by atoms with Gasteiger partial charge in [0.1, 0.15) is 11.5 Å². The van der Waals surface area contributed by atoms with Crippen LogP contribution in [0.15, 0.2) is 24.3 Å². The van der Waals surface area contributed by atoms with Gasteiger partial charge in [0.25, 0.3) is 0 Å². The molecule has 0 unspecified atom stereocenters. The summed E-state index contributed by atoms with van der Waals surface area (Å²) in [7, 11) is 9.91. The summed E-state index contributed by atoms with van der Waals surface area (Å²) in [6, 6.07) is 7.76. The van der Waals surface area contributed by atoms with Gasteiger partial charge in [-0.3, -0.25) is 9.80 Å². The Labute approximate surface area is 190 Å². The van der Waals surface area contributed by atoms with E-state index in [2.05, 4.69) is 9.80 Å². The summed E-state index contributed by atoms with van der Waals surface area (Å²) in [4.78, 5) is 4.85. The van der Waals surface area contributed by atoms with Crippen LogP contribution in [0.4, 0.5) is 0 Å². The number of benzene rings is 2. The van der Waals surface area contributed by atoms with Gasteiger partial charge >= 0.3 is 0 Å². The molecule has 8 nitrogen and oxygen atoms in total. The third-order valence-electron chi connectivity index (χ3n) is 5.83. The zero-order valence-corrected chi connectivity index (χ0v) is 19.9. The molecule has 0 N–H and O–H groups in total. The zero-order chi connectivity index (χ0) is 23.1. The van der Waals surface area contributed by atoms with E-state index >= 15 is 0 Å². The number of nitrogens with zero attached hydrogens (tertiary/aromatic N) is 2. The van der Waals surface area contributed by atoms with E-state index in [1.54, 1.807) is 42.7 Å². The first kappa shape index (κ1) is 23.8. The van der Waals surface area contributed by atoms with Crippen molar-refractivity contribution in [3.63, 3.8) is 0 Å². The lowest BCUT2D eigenvalue weighted by Gasteiger charge is -2.35. The second-order valence-corrected chi connectivity index (χ2v) is 7.59. The summed E-state index contributed by atoms with van der Waals surface area (Å²) in [5, 5.41) is 0. The average molecular weight is 447 g/mol. The predicted octanol–water partition coefficient (Wildman–Crippen LogP) is 3.06. The van der Waals surface area contributed by atoms with Gasteiger partial charge in [-0.25, -0.2) is 0 Å². The average Bonchev–Trinajstić information content (AvgIpc) is 2.84. The molecule has 0 radical (unpaired) electrons. The molecule has 0 aromatic heterocycles. The Bertz CT molecular complexity index is 823. The fourth-order valence-electron chi connectivity index (χ4n) is 4.02. The van der Waals surface area contributed by atoms with Crippen LogP contribution in [0.2, 0.25) is 0 Å². The monoisotopic (exact) mass is 446 g/mol. The molecule has 0 bridgehead atoms. The third-order valence-corrected chi connectivity index (χ3v) is 5.83. The molecule has 0 amide bonds. The topological polar surface area (TPSA) is 61.9 Å². The Hall–Kier alpha value is -2.84. The standard InChI is InChI=1S/C24H34N2O6/c1-27-19-13-23(31-5)21(29-3)11-17(19)15-25-7-9-26(10-8-25)16-18-12-22(30-4)24(32-6)14-20(18)28-2/h11-14H,7-10,15-16H2,1-6H3. The molecule has 1 heterocycles. The van der Waals surface area contributed by atoms with E-state index in [1.165, 1.54) is 0 Å². The molecule has 8 heteroatoms. The molecule has 176 valence electrons. The summed E-state index contributed by atoms with van der Waals surface area (Å²) >= 11 is 0. The van der Waals surface area contributed by atoms with Crippen molar-refractivity contribution in [3.8, 4) is 34.5 Å². The van der Waals surface area contributed by atoms with Gasteiger partial charge in [-0.1, -0.05) is 0 Å². The van der Waals surface area contributed by atoms with Crippen LogP contribution in [0.5, 0.6) is 34.5 Å². The van der Waals surface area contributed by atoms with Crippen molar-refractivity contribution in [2.75, 3.05) is 68.8 Å². The molecule has 32 heavy (non-hydrogen) atoms. The summed E-state index contributed by atoms with van der Waals surface area (Å²) in [5.74, 6) is 4.37. The van der Waals surface area contributed by atoms with Crippen LogP contribution in [0.25, 0.3) is 0 Å². The molecule has 1 fully saturated rings. The number of hydrogen-bond acceptors (Lipinski definition) is 8. The number of methoxy groups -OCH3 is 6. The van der Waals surface area contributed by atoms with Gasteiger partial charge in [0.15, 0.2) is 23.0 Å². The minimum atomic E-state index is 0.668. The van der Waals surface area contributed by atoms with E-state index in [0.29, 0.717) is 23.0 Å². The second-order valence-electron chi connectivity index (χ2n) is 7.59. The molecule has 2 aromatic carbocycles. The first-order valence-electron chi connectivity index (χ1n) is 10.6. The van der Waals surface area contributed by atoms with E-state index in [9.17, 15) is 0 Å². The molecule has 1 aliphatic rings. The first-order chi connectivity index (χ1) is 15.6. The Kier molecular flexibility index (Phi) is 8.30. The molecule has 0 spiro atoms. The van der Waals surface area contributed by atoms with Crippen molar-refractivity contribution in [2.24, 2.45) is 0 Å². The highest BCUT2D eigenvalue weighted by molar-refractivity contribution is 5.51. The summed E-state index contributed by atoms with van der Waals surface area (Å²) in [6.07, 6.45) is 0. The minimum absolute atomic E-state index is 0.668. The molecular weight excluding hydrogens is 412 g/mol. The molecule has 3 rings (SSSR count). The van der Waals surface area contributed by atoms with E-state index < -0.39 is 0 Å². The number of hydrogen-bond donors (Lipinski definition) is 0. The highest BCUT2D eigenvalue weighted by Gasteiger charge is 2.22. The maximum Gasteiger partial charge on any atom is 0.164 e. The van der Waals surface area contributed by atoms with Gasteiger partial charge in [0.05, 0.1) is 42.7 Å². The quantitative estimate of drug-likeness (QED) is 0.552. The van der Waals surface area contributed by atoms with Crippen molar-refractivity contribution in [2.45, 2.75) is 13.1 Å². The number of ether oxygens (including phenoxy) is 6. The lowest BCUT2D eigenvalue weighted by molar-refractivity contribution is 0.120. The summed E-state index contributed by atoms with van der Waals surface area (Å²) in [6.45, 7) is 5.38. The van der Waals surface area contributed by atoms with Crippen LogP contribution in [0.3, 0.4) is 0 Å². The zero-order valence-electron chi connectivity index (χ0n) is 19.9. The minimum Gasteiger partial charge on any atom is -0.496 e. The molecule has 1 saturated heterocycles. The maximum absolute atomic E-state index is 5.59. The van der Waals surface area contributed by atoms with Crippen LogP contribution in [-0.4, -0.2) is 78.6 Å². The normalized spacial score (nSPS) is 14.7. The molecule has 2 aromatic rings. The van der Waals surface area contributed by atoms with Gasteiger partial charge in [0.2, 0.25) is 0 Å². The number of piperazine rings is 1. The van der Waals surface area contributed by atoms with Crippen molar-refractivity contribution >= 4 is 0 Å². The van der Waals surface area contributed by atoms with Gasteiger partial charge in [-0.05, 0) is 12.1 Å². The Morgan fingerprint density at radius 2 is 0.750 bits per heavy atom. The van der Waals surface area contributed by atoms with Crippen molar-refractivity contribution < 1.29 is 28.4 Å². The SMILES string of the molecule is COc1cc(OC)c(OC)cc1CN1CCN(Cc2cc(OC)c(OC)cc2OC)CC1. The predicted molar refractivity (Wildman–Crippen MR) is 123 cm³/mol. The van der Waals surface area contributed by atoms with Crippen LogP contribution in [0, 0.1) is 0 Å². The Morgan fingerprint density at radius 1 is 0.469 bits per heavy atom. The van der Waals surface area contributed by atoms with E-state index in [0.717, 1.165) is 61.9 Å². The lowest BCUT2D eigenvalue weighted by atomic mass is 10.1. The maximum atomic E-state index is 5.59. The Balaban J connectivity index is 1.65. The Morgan fingerprint density at radius 3 is 1.03 bits per heavy atom. The lowest BCUT2D eigenvalue weighted by Crippen LogP contribution is -2.45. The van der Waals surface area contributed by atoms with E-state index in [4.69, 9.17) is 28.4 Å². The van der Waals surface area contributed by atoms with E-state index in [1.807, 2.05) is 24.3 Å². The van der Waals surface area contributed by atoms with Gasteiger partial charge < -0.3 is 28.4 Å². The van der Waals surface area contributed by atoms with Crippen LogP contribution in [-0.2, 0) is 13.1 Å². The largest absolute Gasteiger partial charge is 0.496 e. The molecular formula is C24H34N2O6. The molecule has 0 saturated carbocycles. The highest BCUT2D eigenvalue weighted by Crippen LogP contribution is 2.36. The van der Waals surface area contributed by atoms with Crippen LogP contribution >= 0.6 is 0 Å². The fourth-order valence-corrected chi connectivity index (χ4v) is 4.02. The van der Waals surface area contributed by atoms with Crippen LogP contribution < -0.4 is 28.4 Å². The highest BCUT2D eigenvalue weighted by atomic mass is 16.5. The van der Waals surface area contributed by atoms with Gasteiger partial charge in [-0.15, -0.1) is 0 Å². The first-order valence-corrected chi connectivity index (χ1v) is 10.6. The molecule has 0 atom stereocenters. The second kappa shape index (κ2) is 11.2. The van der Waals surface area contributed by atoms with Crippen molar-refractivity contribution in [1.82, 2.24) is 9.80 Å². The molecule has 0 aliphatic carbocycles. The van der Waals surface area contributed by atoms with Gasteiger partial charge in [0, 0.05) is 62.5 Å². The van der Waals surface area contributed by atoms with Crippen LogP contribution in [0.1, 0.15) is 11.1 Å². The van der Waals surface area contributed by atoms with E-state index in [-0.39, 0.29) is 0 Å². The third kappa shape index (κ3) is 5.31. The smallest absolute Gasteiger partial charge is 0.164 e. The van der Waals surface area contributed by atoms with Crippen molar-refractivity contribution in [1.29, 1.82) is 0 Å². The van der Waals surface area contributed by atoms with Crippen molar-refractivity contribution in [3.05, 3.63) is 35.4 Å². The fraction of sp³-hybridized carbons (Fsp3) is 0.500. The summed E-state index contributed by atoms with van der Waals surface area (Å²) in [5.41, 5.74) is 2.17. The number of rotatable bonds is 10. The summed E-state index contributed by atoms with van der Waals surface area (Å²) < 4.78 is 32.9.